The second-order valence-electron chi connectivity index (χ2n) is 7.98. The second kappa shape index (κ2) is 10.4. The molecule has 0 spiro atoms. The van der Waals surface area contributed by atoms with E-state index in [-0.39, 0.29) is 18.9 Å². The fourth-order valence-corrected chi connectivity index (χ4v) is 3.66. The Kier molecular flexibility index (Phi) is 7.13. The zero-order chi connectivity index (χ0) is 24.1. The van der Waals surface area contributed by atoms with Crippen molar-refractivity contribution in [3.05, 3.63) is 83.4 Å². The number of nitrogens with zero attached hydrogens (tertiary/aromatic N) is 1. The van der Waals surface area contributed by atoms with Gasteiger partial charge in [-0.3, -0.25) is 14.4 Å². The van der Waals surface area contributed by atoms with Crippen LogP contribution in [0.4, 0.5) is 11.4 Å². The van der Waals surface area contributed by atoms with Gasteiger partial charge in [0.15, 0.2) is 6.61 Å². The zero-order valence-corrected chi connectivity index (χ0v) is 19.2. The van der Waals surface area contributed by atoms with Gasteiger partial charge in [0.1, 0.15) is 11.5 Å². The molecule has 3 aromatic carbocycles. The molecule has 0 bridgehead atoms. The fraction of sp³-hybridized carbons (Fsp3) is 0.192. The first-order valence-electron chi connectivity index (χ1n) is 10.7. The summed E-state index contributed by atoms with van der Waals surface area (Å²) in [4.78, 5) is 38.5. The van der Waals surface area contributed by atoms with Crippen molar-refractivity contribution in [2.45, 2.75) is 13.3 Å². The van der Waals surface area contributed by atoms with Gasteiger partial charge in [-0.25, -0.2) is 0 Å². The molecule has 1 aliphatic heterocycles. The summed E-state index contributed by atoms with van der Waals surface area (Å²) in [5.74, 6) is -0.512. The number of halogens is 1. The van der Waals surface area contributed by atoms with E-state index in [1.165, 1.54) is 4.90 Å². The second-order valence-corrected chi connectivity index (χ2v) is 8.41. The quantitative estimate of drug-likeness (QED) is 0.484. The van der Waals surface area contributed by atoms with Crippen LogP contribution in [0, 0.1) is 12.8 Å². The number of rotatable bonds is 7. The topological polar surface area (TPSA) is 84.9 Å². The molecular formula is C26H23ClN2O5. The van der Waals surface area contributed by atoms with Gasteiger partial charge in [-0.1, -0.05) is 29.3 Å². The molecule has 34 heavy (non-hydrogen) atoms. The normalized spacial score (nSPS) is 15.2. The molecule has 174 valence electrons. The lowest BCUT2D eigenvalue weighted by Crippen LogP contribution is -2.28. The molecule has 2 amide bonds. The van der Waals surface area contributed by atoms with E-state index in [0.29, 0.717) is 22.1 Å². The van der Waals surface area contributed by atoms with E-state index in [2.05, 4.69) is 5.32 Å². The maximum atomic E-state index is 12.5. The lowest BCUT2D eigenvalue weighted by molar-refractivity contribution is -0.151. The number of amides is 2. The molecule has 1 fully saturated rings. The van der Waals surface area contributed by atoms with Crippen molar-refractivity contribution in [2.75, 3.05) is 23.4 Å². The van der Waals surface area contributed by atoms with Crippen LogP contribution in [0.25, 0.3) is 0 Å². The van der Waals surface area contributed by atoms with Gasteiger partial charge in [0.25, 0.3) is 5.91 Å². The molecule has 1 N–H and O–H groups in total. The molecule has 8 heteroatoms. The van der Waals surface area contributed by atoms with E-state index in [0.717, 1.165) is 11.3 Å². The van der Waals surface area contributed by atoms with Gasteiger partial charge in [0.2, 0.25) is 5.91 Å². The van der Waals surface area contributed by atoms with E-state index in [9.17, 15) is 14.4 Å². The number of hydrogen-bond donors (Lipinski definition) is 1. The molecule has 0 aromatic heterocycles. The van der Waals surface area contributed by atoms with Crippen LogP contribution in [0.2, 0.25) is 5.02 Å². The van der Waals surface area contributed by atoms with E-state index in [1.54, 1.807) is 48.5 Å². The minimum atomic E-state index is -0.640. The molecule has 1 heterocycles. The summed E-state index contributed by atoms with van der Waals surface area (Å²) in [6.07, 6.45) is 0.0270. The smallest absolute Gasteiger partial charge is 0.311 e. The van der Waals surface area contributed by atoms with Crippen LogP contribution in [-0.4, -0.2) is 30.9 Å². The number of esters is 1. The Hall–Kier alpha value is -3.84. The van der Waals surface area contributed by atoms with Gasteiger partial charge >= 0.3 is 5.97 Å². The molecule has 1 aliphatic rings. The highest BCUT2D eigenvalue weighted by atomic mass is 35.5. The Balaban J connectivity index is 1.28. The summed E-state index contributed by atoms with van der Waals surface area (Å²) in [5.41, 5.74) is 2.35. The minimum absolute atomic E-state index is 0.0270. The van der Waals surface area contributed by atoms with Gasteiger partial charge < -0.3 is 19.7 Å². The highest BCUT2D eigenvalue weighted by molar-refractivity contribution is 6.30. The van der Waals surface area contributed by atoms with Crippen LogP contribution in [0.1, 0.15) is 12.0 Å². The SMILES string of the molecule is Cc1ccc(Oc2ccc(N3C[C@H](C(=O)OCC(=O)Nc4ccc(Cl)cc4)CC3=O)cc2)cc1. The monoisotopic (exact) mass is 478 g/mol. The van der Waals surface area contributed by atoms with Crippen molar-refractivity contribution >= 4 is 40.8 Å². The molecule has 1 saturated heterocycles. The highest BCUT2D eigenvalue weighted by Crippen LogP contribution is 2.29. The zero-order valence-electron chi connectivity index (χ0n) is 18.5. The Bertz CT molecular complexity index is 1180. The van der Waals surface area contributed by atoms with Gasteiger partial charge in [-0.2, -0.15) is 0 Å². The van der Waals surface area contributed by atoms with E-state index >= 15 is 0 Å². The van der Waals surface area contributed by atoms with Crippen LogP contribution < -0.4 is 15.0 Å². The largest absolute Gasteiger partial charge is 0.457 e. The number of anilines is 2. The third kappa shape index (κ3) is 5.94. The molecule has 1 atom stereocenters. The van der Waals surface area contributed by atoms with Gasteiger partial charge in [0.05, 0.1) is 5.92 Å². The standard InChI is InChI=1S/C26H23ClN2O5/c1-17-2-10-22(11-3-17)34-23-12-8-21(9-13-23)29-15-18(14-25(29)31)26(32)33-16-24(30)28-20-6-4-19(27)5-7-20/h2-13,18H,14-16H2,1H3,(H,28,30)/t18-/m1/s1. The minimum Gasteiger partial charge on any atom is -0.457 e. The molecule has 0 saturated carbocycles. The third-order valence-electron chi connectivity index (χ3n) is 5.34. The average Bonchev–Trinajstić information content (AvgIpc) is 3.23. The van der Waals surface area contributed by atoms with Crippen LogP contribution in [-0.2, 0) is 19.1 Å². The van der Waals surface area contributed by atoms with Gasteiger partial charge in [-0.05, 0) is 67.6 Å². The number of ether oxygens (including phenoxy) is 2. The van der Waals surface area contributed by atoms with Crippen LogP contribution in [0.3, 0.4) is 0 Å². The van der Waals surface area contributed by atoms with Gasteiger partial charge in [0, 0.05) is 29.4 Å². The molecular weight excluding hydrogens is 456 g/mol. The van der Waals surface area contributed by atoms with Crippen molar-refractivity contribution in [1.82, 2.24) is 0 Å². The summed E-state index contributed by atoms with van der Waals surface area (Å²) in [7, 11) is 0. The molecule has 0 radical (unpaired) electrons. The van der Waals surface area contributed by atoms with Crippen molar-refractivity contribution < 1.29 is 23.9 Å². The predicted octanol–water partition coefficient (Wildman–Crippen LogP) is 4.98. The van der Waals surface area contributed by atoms with Crippen molar-refractivity contribution in [2.24, 2.45) is 5.92 Å². The van der Waals surface area contributed by atoms with Crippen LogP contribution in [0.15, 0.2) is 72.8 Å². The summed E-state index contributed by atoms with van der Waals surface area (Å²) in [6.45, 7) is 1.76. The summed E-state index contributed by atoms with van der Waals surface area (Å²) in [5, 5.41) is 3.17. The van der Waals surface area contributed by atoms with E-state index in [1.807, 2.05) is 31.2 Å². The van der Waals surface area contributed by atoms with Gasteiger partial charge in [-0.15, -0.1) is 0 Å². The lowest BCUT2D eigenvalue weighted by Gasteiger charge is -2.17. The van der Waals surface area contributed by atoms with Crippen molar-refractivity contribution in [1.29, 1.82) is 0 Å². The Labute approximate surface area is 202 Å². The average molecular weight is 479 g/mol. The first kappa shape index (κ1) is 23.3. The summed E-state index contributed by atoms with van der Waals surface area (Å²) < 4.78 is 11.0. The first-order valence-corrected chi connectivity index (χ1v) is 11.1. The molecule has 0 unspecified atom stereocenters. The van der Waals surface area contributed by atoms with Crippen LogP contribution >= 0.6 is 11.6 Å². The maximum Gasteiger partial charge on any atom is 0.311 e. The molecule has 3 aromatic rings. The summed E-state index contributed by atoms with van der Waals surface area (Å²) in [6, 6.07) is 21.4. The van der Waals surface area contributed by atoms with Crippen LogP contribution in [0.5, 0.6) is 11.5 Å². The number of benzene rings is 3. The lowest BCUT2D eigenvalue weighted by atomic mass is 10.1. The number of carbonyl (C=O) groups excluding carboxylic acids is 3. The number of nitrogens with one attached hydrogen (secondary N) is 1. The third-order valence-corrected chi connectivity index (χ3v) is 5.59. The van der Waals surface area contributed by atoms with Crippen molar-refractivity contribution in [3.8, 4) is 11.5 Å². The van der Waals surface area contributed by atoms with Crippen molar-refractivity contribution in [3.63, 3.8) is 0 Å². The highest BCUT2D eigenvalue weighted by Gasteiger charge is 2.36. The Morgan fingerprint density at radius 2 is 1.59 bits per heavy atom. The van der Waals surface area contributed by atoms with E-state index < -0.39 is 24.4 Å². The van der Waals surface area contributed by atoms with E-state index in [4.69, 9.17) is 21.1 Å². The molecule has 0 aliphatic carbocycles. The summed E-state index contributed by atoms with van der Waals surface area (Å²) >= 11 is 5.82. The predicted molar refractivity (Wildman–Crippen MR) is 129 cm³/mol. The molecule has 4 rings (SSSR count). The number of aryl methyl sites for hydroxylation is 1. The fourth-order valence-electron chi connectivity index (χ4n) is 3.54. The maximum absolute atomic E-state index is 12.5. The number of hydrogen-bond acceptors (Lipinski definition) is 5. The Morgan fingerprint density at radius 1 is 0.971 bits per heavy atom. The molecule has 7 nitrogen and oxygen atoms in total. The number of carbonyl (C=O) groups is 3. The first-order chi connectivity index (χ1) is 16.4. The Morgan fingerprint density at radius 3 is 2.24 bits per heavy atom.